The summed E-state index contributed by atoms with van der Waals surface area (Å²) in [6, 6.07) is 5.37. The zero-order chi connectivity index (χ0) is 18.1. The number of fused-ring (bicyclic) bond motifs is 1. The Morgan fingerprint density at radius 1 is 1.04 bits per heavy atom. The fourth-order valence-electron chi connectivity index (χ4n) is 3.34. The number of rotatable bonds is 3. The van der Waals surface area contributed by atoms with Crippen molar-refractivity contribution < 1.29 is 4.79 Å². The minimum atomic E-state index is -0.196. The Labute approximate surface area is 156 Å². The van der Waals surface area contributed by atoms with E-state index in [0.717, 1.165) is 27.4 Å². The van der Waals surface area contributed by atoms with Gasteiger partial charge in [0.15, 0.2) is 0 Å². The summed E-state index contributed by atoms with van der Waals surface area (Å²) in [7, 11) is 0. The van der Waals surface area contributed by atoms with Crippen molar-refractivity contribution in [3.05, 3.63) is 40.2 Å². The highest BCUT2D eigenvalue weighted by atomic mass is 32.1. The molecule has 4 rings (SSSR count). The van der Waals surface area contributed by atoms with E-state index in [-0.39, 0.29) is 5.91 Å². The van der Waals surface area contributed by atoms with Gasteiger partial charge in [-0.05, 0) is 44.9 Å². The van der Waals surface area contributed by atoms with Crippen molar-refractivity contribution in [1.82, 2.24) is 20.2 Å². The van der Waals surface area contributed by atoms with Gasteiger partial charge in [0.25, 0.3) is 5.91 Å². The highest BCUT2D eigenvalue weighted by Crippen LogP contribution is 2.35. The maximum atomic E-state index is 12.6. The van der Waals surface area contributed by atoms with Gasteiger partial charge in [-0.25, -0.2) is 9.97 Å². The van der Waals surface area contributed by atoms with Gasteiger partial charge in [-0.2, -0.15) is 0 Å². The normalized spacial score (nSPS) is 15.3. The quantitative estimate of drug-likeness (QED) is 0.742. The lowest BCUT2D eigenvalue weighted by molar-refractivity contribution is 0.102. The summed E-state index contributed by atoms with van der Waals surface area (Å²) in [5, 5.41) is 12.9. The van der Waals surface area contributed by atoms with Crippen LogP contribution in [0.5, 0.6) is 0 Å². The van der Waals surface area contributed by atoms with Crippen LogP contribution in [-0.2, 0) is 0 Å². The minimum absolute atomic E-state index is 0.196. The van der Waals surface area contributed by atoms with E-state index in [9.17, 15) is 4.79 Å². The first-order chi connectivity index (χ1) is 12.6. The second-order valence-electron chi connectivity index (χ2n) is 6.83. The van der Waals surface area contributed by atoms with E-state index in [2.05, 4.69) is 25.5 Å². The molecule has 0 aliphatic heterocycles. The van der Waals surface area contributed by atoms with Crippen molar-refractivity contribution in [2.75, 3.05) is 5.32 Å². The molecule has 1 aliphatic carbocycles. The first kappa shape index (κ1) is 17.0. The molecular formula is C19H21N5OS. The van der Waals surface area contributed by atoms with Crippen LogP contribution in [0.15, 0.2) is 18.2 Å². The van der Waals surface area contributed by atoms with E-state index in [1.165, 1.54) is 43.4 Å². The van der Waals surface area contributed by atoms with Crippen LogP contribution in [0.25, 0.3) is 11.0 Å². The monoisotopic (exact) mass is 367 g/mol. The maximum Gasteiger partial charge on any atom is 0.257 e. The standard InChI is InChI=1S/C19H21N5OS/c1-11-12(2)21-16-10-14(8-9-15(16)20-11)17(25)22-19-24-23-18(26-19)13-6-4-3-5-7-13/h8-10,13H,3-7H2,1-2H3,(H,22,24,25). The van der Waals surface area contributed by atoms with Gasteiger partial charge in [-0.1, -0.05) is 30.6 Å². The third-order valence-electron chi connectivity index (χ3n) is 4.95. The molecule has 0 atom stereocenters. The SMILES string of the molecule is Cc1nc2ccc(C(=O)Nc3nnc(C4CCCCC4)s3)cc2nc1C. The highest BCUT2D eigenvalue weighted by molar-refractivity contribution is 7.15. The topological polar surface area (TPSA) is 80.7 Å². The molecule has 2 heterocycles. The zero-order valence-electron chi connectivity index (χ0n) is 15.0. The van der Waals surface area contributed by atoms with Crippen molar-refractivity contribution in [2.45, 2.75) is 51.9 Å². The van der Waals surface area contributed by atoms with Crippen molar-refractivity contribution in [2.24, 2.45) is 0 Å². The van der Waals surface area contributed by atoms with Crippen LogP contribution in [0.4, 0.5) is 5.13 Å². The molecule has 0 unspecified atom stereocenters. The number of aryl methyl sites for hydroxylation is 2. The number of aromatic nitrogens is 4. The van der Waals surface area contributed by atoms with Crippen LogP contribution in [0, 0.1) is 13.8 Å². The average molecular weight is 367 g/mol. The molecule has 26 heavy (non-hydrogen) atoms. The summed E-state index contributed by atoms with van der Waals surface area (Å²) in [6.07, 6.45) is 6.16. The lowest BCUT2D eigenvalue weighted by Gasteiger charge is -2.18. The number of nitrogens with one attached hydrogen (secondary N) is 1. The summed E-state index contributed by atoms with van der Waals surface area (Å²) >= 11 is 1.49. The van der Waals surface area contributed by atoms with E-state index in [0.29, 0.717) is 16.6 Å². The summed E-state index contributed by atoms with van der Waals surface area (Å²) < 4.78 is 0. The zero-order valence-corrected chi connectivity index (χ0v) is 15.8. The minimum Gasteiger partial charge on any atom is -0.296 e. The third kappa shape index (κ3) is 3.44. The predicted octanol–water partition coefficient (Wildman–Crippen LogP) is 4.40. The third-order valence-corrected chi connectivity index (χ3v) is 5.95. The Bertz CT molecular complexity index is 962. The predicted molar refractivity (Wildman–Crippen MR) is 103 cm³/mol. The van der Waals surface area contributed by atoms with E-state index in [4.69, 9.17) is 0 Å². The van der Waals surface area contributed by atoms with Gasteiger partial charge in [0.2, 0.25) is 5.13 Å². The molecule has 1 amide bonds. The van der Waals surface area contributed by atoms with E-state index >= 15 is 0 Å². The van der Waals surface area contributed by atoms with E-state index < -0.39 is 0 Å². The number of amides is 1. The summed E-state index contributed by atoms with van der Waals surface area (Å²) in [6.45, 7) is 3.85. The van der Waals surface area contributed by atoms with Crippen LogP contribution < -0.4 is 5.32 Å². The highest BCUT2D eigenvalue weighted by Gasteiger charge is 2.20. The van der Waals surface area contributed by atoms with Gasteiger partial charge in [0, 0.05) is 11.5 Å². The summed E-state index contributed by atoms with van der Waals surface area (Å²) in [5.74, 6) is 0.298. The molecular weight excluding hydrogens is 346 g/mol. The van der Waals surface area contributed by atoms with Crippen LogP contribution in [0.1, 0.15) is 64.8 Å². The molecule has 6 nitrogen and oxygen atoms in total. The van der Waals surface area contributed by atoms with Gasteiger partial charge >= 0.3 is 0 Å². The molecule has 134 valence electrons. The molecule has 0 spiro atoms. The second kappa shape index (κ2) is 7.07. The number of carbonyl (C=O) groups is 1. The van der Waals surface area contributed by atoms with E-state index in [1.807, 2.05) is 19.9 Å². The van der Waals surface area contributed by atoms with Gasteiger partial charge in [0.05, 0.1) is 22.4 Å². The molecule has 1 fully saturated rings. The molecule has 3 aromatic rings. The largest absolute Gasteiger partial charge is 0.296 e. The molecule has 0 radical (unpaired) electrons. The Kier molecular flexibility index (Phi) is 4.63. The lowest BCUT2D eigenvalue weighted by atomic mass is 9.90. The number of nitrogens with zero attached hydrogens (tertiary/aromatic N) is 4. The fraction of sp³-hybridized carbons (Fsp3) is 0.421. The van der Waals surface area contributed by atoms with Gasteiger partial charge in [-0.3, -0.25) is 10.1 Å². The summed E-state index contributed by atoms with van der Waals surface area (Å²) in [4.78, 5) is 21.6. The molecule has 2 aromatic heterocycles. The first-order valence-electron chi connectivity index (χ1n) is 9.00. The number of benzene rings is 1. The summed E-state index contributed by atoms with van der Waals surface area (Å²) in [5.41, 5.74) is 3.83. The van der Waals surface area contributed by atoms with Crippen LogP contribution in [-0.4, -0.2) is 26.1 Å². The molecule has 1 saturated carbocycles. The Hall–Kier alpha value is -2.41. The Balaban J connectivity index is 1.52. The number of anilines is 1. The molecule has 0 bridgehead atoms. The Morgan fingerprint density at radius 3 is 2.54 bits per heavy atom. The van der Waals surface area contributed by atoms with Crippen molar-refractivity contribution in [1.29, 1.82) is 0 Å². The number of hydrogen-bond acceptors (Lipinski definition) is 6. The molecule has 0 saturated heterocycles. The lowest BCUT2D eigenvalue weighted by Crippen LogP contribution is -2.11. The van der Waals surface area contributed by atoms with Gasteiger partial charge in [-0.15, -0.1) is 10.2 Å². The number of hydrogen-bond donors (Lipinski definition) is 1. The second-order valence-corrected chi connectivity index (χ2v) is 7.84. The molecule has 1 N–H and O–H groups in total. The van der Waals surface area contributed by atoms with Crippen LogP contribution in [0.3, 0.4) is 0 Å². The van der Waals surface area contributed by atoms with Crippen LogP contribution >= 0.6 is 11.3 Å². The molecule has 7 heteroatoms. The van der Waals surface area contributed by atoms with Crippen LogP contribution in [0.2, 0.25) is 0 Å². The first-order valence-corrected chi connectivity index (χ1v) is 9.81. The smallest absolute Gasteiger partial charge is 0.257 e. The number of carbonyl (C=O) groups excluding carboxylic acids is 1. The van der Waals surface area contributed by atoms with Crippen molar-refractivity contribution in [3.63, 3.8) is 0 Å². The van der Waals surface area contributed by atoms with Crippen molar-refractivity contribution >= 4 is 33.4 Å². The van der Waals surface area contributed by atoms with E-state index in [1.54, 1.807) is 12.1 Å². The molecule has 1 aliphatic rings. The molecule has 1 aromatic carbocycles. The Morgan fingerprint density at radius 2 is 1.77 bits per heavy atom. The average Bonchev–Trinajstić information content (AvgIpc) is 3.11. The van der Waals surface area contributed by atoms with Crippen molar-refractivity contribution in [3.8, 4) is 0 Å². The maximum absolute atomic E-state index is 12.6. The van der Waals surface area contributed by atoms with Gasteiger partial charge < -0.3 is 0 Å². The fourth-order valence-corrected chi connectivity index (χ4v) is 4.25. The van der Waals surface area contributed by atoms with Gasteiger partial charge in [0.1, 0.15) is 5.01 Å².